The van der Waals surface area contributed by atoms with Crippen molar-refractivity contribution in [1.82, 2.24) is 30.5 Å². The van der Waals surface area contributed by atoms with Crippen LogP contribution in [0.15, 0.2) is 42.9 Å². The highest BCUT2D eigenvalue weighted by molar-refractivity contribution is 5.18. The van der Waals surface area contributed by atoms with Crippen LogP contribution in [0.5, 0.6) is 0 Å². The van der Waals surface area contributed by atoms with Gasteiger partial charge in [-0.15, -0.1) is 0 Å². The summed E-state index contributed by atoms with van der Waals surface area (Å²) < 4.78 is 0. The summed E-state index contributed by atoms with van der Waals surface area (Å²) in [5, 5.41) is 10.9. The molecular formula is C16H20N6. The fraction of sp³-hybridized carbons (Fsp3) is 0.312. The summed E-state index contributed by atoms with van der Waals surface area (Å²) in [4.78, 5) is 12.0. The van der Waals surface area contributed by atoms with Crippen LogP contribution in [0, 0.1) is 6.92 Å². The standard InChI is InChI=1S/C16H20N6/c1-11(9-13-10-12(2)21-22-13)20-15(16-18-7-8-19-16)14-5-3-4-6-17-14/h3-8,10-11,15,20H,9H2,1-2H3,(H,18,19)(H,21,22)/t11-,15-/m0/s1. The Labute approximate surface area is 129 Å². The number of nitrogens with one attached hydrogen (secondary N) is 3. The highest BCUT2D eigenvalue weighted by Gasteiger charge is 2.20. The second kappa shape index (κ2) is 6.53. The predicted molar refractivity (Wildman–Crippen MR) is 84.3 cm³/mol. The van der Waals surface area contributed by atoms with Gasteiger partial charge in [0.2, 0.25) is 0 Å². The maximum absolute atomic E-state index is 4.45. The van der Waals surface area contributed by atoms with E-state index >= 15 is 0 Å². The molecule has 3 aromatic rings. The summed E-state index contributed by atoms with van der Waals surface area (Å²) in [5.74, 6) is 0.865. The number of hydrogen-bond donors (Lipinski definition) is 3. The first kappa shape index (κ1) is 14.5. The molecule has 3 aromatic heterocycles. The van der Waals surface area contributed by atoms with Gasteiger partial charge in [-0.3, -0.25) is 15.4 Å². The number of imidazole rings is 1. The maximum atomic E-state index is 4.45. The van der Waals surface area contributed by atoms with E-state index in [9.17, 15) is 0 Å². The Balaban J connectivity index is 1.75. The van der Waals surface area contributed by atoms with Crippen LogP contribution in [0.1, 0.15) is 35.9 Å². The molecule has 0 unspecified atom stereocenters. The second-order valence-electron chi connectivity index (χ2n) is 5.48. The van der Waals surface area contributed by atoms with Crippen LogP contribution in [0.25, 0.3) is 0 Å². The maximum Gasteiger partial charge on any atom is 0.129 e. The summed E-state index contributed by atoms with van der Waals surface area (Å²) in [6.07, 6.45) is 6.23. The van der Waals surface area contributed by atoms with Crippen molar-refractivity contribution in [2.75, 3.05) is 0 Å². The van der Waals surface area contributed by atoms with Crippen molar-refractivity contribution in [2.45, 2.75) is 32.4 Å². The number of pyridine rings is 1. The van der Waals surface area contributed by atoms with Gasteiger partial charge in [0.15, 0.2) is 0 Å². The molecule has 2 atom stereocenters. The van der Waals surface area contributed by atoms with Crippen molar-refractivity contribution in [2.24, 2.45) is 0 Å². The summed E-state index contributed by atoms with van der Waals surface area (Å²) >= 11 is 0. The molecule has 3 heterocycles. The number of aromatic nitrogens is 5. The normalized spacial score (nSPS) is 13.9. The van der Waals surface area contributed by atoms with Crippen LogP contribution < -0.4 is 5.32 Å². The third-order valence-electron chi connectivity index (χ3n) is 3.50. The van der Waals surface area contributed by atoms with Crippen LogP contribution in [0.4, 0.5) is 0 Å². The second-order valence-corrected chi connectivity index (χ2v) is 5.48. The fourth-order valence-corrected chi connectivity index (χ4v) is 2.52. The third kappa shape index (κ3) is 3.40. The Morgan fingerprint density at radius 1 is 1.23 bits per heavy atom. The summed E-state index contributed by atoms with van der Waals surface area (Å²) in [6, 6.07) is 8.15. The van der Waals surface area contributed by atoms with Crippen LogP contribution in [-0.2, 0) is 6.42 Å². The number of nitrogens with zero attached hydrogens (tertiary/aromatic N) is 3. The molecule has 6 nitrogen and oxygen atoms in total. The van der Waals surface area contributed by atoms with Gasteiger partial charge in [0, 0.05) is 36.7 Å². The lowest BCUT2D eigenvalue weighted by Gasteiger charge is -2.21. The Morgan fingerprint density at radius 3 is 2.77 bits per heavy atom. The molecule has 6 heteroatoms. The zero-order valence-electron chi connectivity index (χ0n) is 12.7. The number of aryl methyl sites for hydroxylation is 1. The van der Waals surface area contributed by atoms with Gasteiger partial charge >= 0.3 is 0 Å². The molecule has 0 saturated heterocycles. The summed E-state index contributed by atoms with van der Waals surface area (Å²) in [5.41, 5.74) is 3.08. The molecule has 3 rings (SSSR count). The first-order valence-electron chi connectivity index (χ1n) is 7.39. The van der Waals surface area contributed by atoms with Crippen LogP contribution in [0.3, 0.4) is 0 Å². The van der Waals surface area contributed by atoms with E-state index in [2.05, 4.69) is 43.5 Å². The average molecular weight is 296 g/mol. The highest BCUT2D eigenvalue weighted by Crippen LogP contribution is 2.18. The molecule has 114 valence electrons. The van der Waals surface area contributed by atoms with E-state index in [1.165, 1.54) is 0 Å². The molecule has 3 N–H and O–H groups in total. The van der Waals surface area contributed by atoms with Crippen LogP contribution >= 0.6 is 0 Å². The van der Waals surface area contributed by atoms with Crippen molar-refractivity contribution in [3.63, 3.8) is 0 Å². The third-order valence-corrected chi connectivity index (χ3v) is 3.50. The minimum Gasteiger partial charge on any atom is -0.347 e. The van der Waals surface area contributed by atoms with Gasteiger partial charge in [0.05, 0.1) is 11.4 Å². The van der Waals surface area contributed by atoms with E-state index in [1.54, 1.807) is 12.4 Å². The number of H-pyrrole nitrogens is 2. The van der Waals surface area contributed by atoms with Crippen molar-refractivity contribution in [1.29, 1.82) is 0 Å². The van der Waals surface area contributed by atoms with E-state index in [4.69, 9.17) is 0 Å². The molecule has 0 fully saturated rings. The van der Waals surface area contributed by atoms with Crippen molar-refractivity contribution in [3.8, 4) is 0 Å². The van der Waals surface area contributed by atoms with Gasteiger partial charge in [-0.1, -0.05) is 6.07 Å². The minimum absolute atomic E-state index is 0.0637. The molecule has 0 spiro atoms. The van der Waals surface area contributed by atoms with E-state index < -0.39 is 0 Å². The van der Waals surface area contributed by atoms with E-state index in [0.29, 0.717) is 0 Å². The van der Waals surface area contributed by atoms with Gasteiger partial charge in [0.1, 0.15) is 11.9 Å². The molecular weight excluding hydrogens is 276 g/mol. The van der Waals surface area contributed by atoms with Crippen LogP contribution in [-0.4, -0.2) is 31.2 Å². The largest absolute Gasteiger partial charge is 0.347 e. The molecule has 0 aliphatic heterocycles. The van der Waals surface area contributed by atoms with E-state index in [-0.39, 0.29) is 12.1 Å². The fourth-order valence-electron chi connectivity index (χ4n) is 2.52. The van der Waals surface area contributed by atoms with E-state index in [0.717, 1.165) is 29.3 Å². The summed E-state index contributed by atoms with van der Waals surface area (Å²) in [6.45, 7) is 4.15. The van der Waals surface area contributed by atoms with Crippen molar-refractivity contribution in [3.05, 3.63) is 65.8 Å². The lowest BCUT2D eigenvalue weighted by molar-refractivity contribution is 0.473. The number of aromatic amines is 2. The molecule has 0 radical (unpaired) electrons. The van der Waals surface area contributed by atoms with Crippen molar-refractivity contribution < 1.29 is 0 Å². The van der Waals surface area contributed by atoms with Gasteiger partial charge < -0.3 is 4.98 Å². The monoisotopic (exact) mass is 296 g/mol. The topological polar surface area (TPSA) is 82.3 Å². The molecule has 0 aliphatic carbocycles. The number of rotatable bonds is 6. The predicted octanol–water partition coefficient (Wildman–Crippen LogP) is 2.15. The Kier molecular flexibility index (Phi) is 4.29. The lowest BCUT2D eigenvalue weighted by atomic mass is 10.1. The Hall–Kier alpha value is -2.47. The molecule has 0 saturated carbocycles. The molecule has 22 heavy (non-hydrogen) atoms. The van der Waals surface area contributed by atoms with Crippen molar-refractivity contribution >= 4 is 0 Å². The Bertz CT molecular complexity index is 689. The number of hydrogen-bond acceptors (Lipinski definition) is 4. The smallest absolute Gasteiger partial charge is 0.129 e. The molecule has 0 amide bonds. The SMILES string of the molecule is Cc1cc(C[C@H](C)N[C@@H](c2ccccn2)c2ncc[nH]2)n[nH]1. The van der Waals surface area contributed by atoms with E-state index in [1.807, 2.05) is 31.3 Å². The zero-order chi connectivity index (χ0) is 15.4. The molecule has 0 aromatic carbocycles. The average Bonchev–Trinajstić information content (AvgIpc) is 3.18. The van der Waals surface area contributed by atoms with Gasteiger partial charge in [-0.25, -0.2) is 4.98 Å². The van der Waals surface area contributed by atoms with Gasteiger partial charge in [-0.05, 0) is 32.0 Å². The quantitative estimate of drug-likeness (QED) is 0.651. The zero-order valence-corrected chi connectivity index (χ0v) is 12.7. The lowest BCUT2D eigenvalue weighted by Crippen LogP contribution is -2.34. The van der Waals surface area contributed by atoms with Gasteiger partial charge in [0.25, 0.3) is 0 Å². The molecule has 0 aliphatic rings. The minimum atomic E-state index is -0.0637. The first-order valence-corrected chi connectivity index (χ1v) is 7.39. The van der Waals surface area contributed by atoms with Gasteiger partial charge in [-0.2, -0.15) is 5.10 Å². The first-order chi connectivity index (χ1) is 10.7. The Morgan fingerprint density at radius 2 is 2.14 bits per heavy atom. The van der Waals surface area contributed by atoms with Crippen LogP contribution in [0.2, 0.25) is 0 Å². The highest BCUT2D eigenvalue weighted by atomic mass is 15.1. The summed E-state index contributed by atoms with van der Waals surface area (Å²) in [7, 11) is 0. The molecule has 0 bridgehead atoms.